The predicted molar refractivity (Wildman–Crippen MR) is 251 cm³/mol. The van der Waals surface area contributed by atoms with Gasteiger partial charge >= 0.3 is 0 Å². The molecule has 0 bridgehead atoms. The molecule has 55 heavy (non-hydrogen) atoms. The normalized spacial score (nSPS) is 16.8. The van der Waals surface area contributed by atoms with Crippen LogP contribution in [0.15, 0.2) is 48.7 Å². The molecule has 2 nitrogen and oxygen atoms in total. The molecule has 0 aromatic carbocycles. The summed E-state index contributed by atoms with van der Waals surface area (Å²) in [5.74, 6) is 2.48. The van der Waals surface area contributed by atoms with Crippen molar-refractivity contribution in [1.29, 1.82) is 0 Å². The Balaban J connectivity index is 2.54. The predicted octanol–water partition coefficient (Wildman–Crippen LogP) is 17.3. The largest absolute Gasteiger partial charge is 0.375 e. The molecule has 1 fully saturated rings. The first kappa shape index (κ1) is 51.7. The van der Waals surface area contributed by atoms with Crippen molar-refractivity contribution in [2.75, 3.05) is 26.7 Å². The highest BCUT2D eigenvalue weighted by Gasteiger charge is 2.28. The summed E-state index contributed by atoms with van der Waals surface area (Å²) in [4.78, 5) is 2.71. The van der Waals surface area contributed by atoms with Crippen LogP contribution in [0.3, 0.4) is 0 Å². The minimum absolute atomic E-state index is 0.750. The van der Waals surface area contributed by atoms with Gasteiger partial charge in [0.15, 0.2) is 0 Å². The van der Waals surface area contributed by atoms with Crippen LogP contribution in [0.25, 0.3) is 0 Å². The number of piperidine rings is 1. The zero-order valence-corrected chi connectivity index (χ0v) is 38.3. The number of hydrogen-bond acceptors (Lipinski definition) is 2. The molecule has 0 aromatic heterocycles. The molecule has 0 amide bonds. The molecule has 3 atom stereocenters. The molecule has 0 spiro atoms. The Morgan fingerprint density at radius 3 is 1.64 bits per heavy atom. The zero-order valence-electron chi connectivity index (χ0n) is 38.3. The molecule has 3 unspecified atom stereocenters. The van der Waals surface area contributed by atoms with E-state index in [0.29, 0.717) is 0 Å². The highest BCUT2D eigenvalue weighted by atomic mass is 15.1. The van der Waals surface area contributed by atoms with Gasteiger partial charge in [-0.3, -0.25) is 0 Å². The van der Waals surface area contributed by atoms with Crippen molar-refractivity contribution in [1.82, 2.24) is 10.2 Å². The SMILES string of the molecule is C=C(CCC(CCCCCCCCC)CCCCCCCCCC)CC1CC(CCCCCCC/C=C\C/C=C\CCCCC)CN(C(=C)CCCNC)C1. The van der Waals surface area contributed by atoms with Gasteiger partial charge in [-0.25, -0.2) is 0 Å². The first-order valence-corrected chi connectivity index (χ1v) is 25.1. The van der Waals surface area contributed by atoms with E-state index in [4.69, 9.17) is 6.58 Å². The molecule has 322 valence electrons. The monoisotopic (exact) mass is 765 g/mol. The number of nitrogens with zero attached hydrogens (tertiary/aromatic N) is 1. The molecule has 1 heterocycles. The molecule has 1 aliphatic rings. The quantitative estimate of drug-likeness (QED) is 0.0493. The average molecular weight is 765 g/mol. The van der Waals surface area contributed by atoms with Crippen LogP contribution in [0.2, 0.25) is 0 Å². The first-order valence-electron chi connectivity index (χ1n) is 25.1. The maximum Gasteiger partial charge on any atom is 0.0206 e. The number of nitrogens with one attached hydrogen (secondary N) is 1. The van der Waals surface area contributed by atoms with E-state index >= 15 is 0 Å². The molecule has 2 heteroatoms. The van der Waals surface area contributed by atoms with E-state index in [2.05, 4.69) is 68.9 Å². The van der Waals surface area contributed by atoms with Crippen molar-refractivity contribution in [3.05, 3.63) is 48.7 Å². The smallest absolute Gasteiger partial charge is 0.0206 e. The summed E-state index contributed by atoms with van der Waals surface area (Å²) in [6.45, 7) is 19.8. The van der Waals surface area contributed by atoms with Gasteiger partial charge in [0.25, 0.3) is 0 Å². The molecule has 1 N–H and O–H groups in total. The van der Waals surface area contributed by atoms with Gasteiger partial charge < -0.3 is 10.2 Å². The summed E-state index contributed by atoms with van der Waals surface area (Å²) in [7, 11) is 2.07. The molecular formula is C53H100N2. The van der Waals surface area contributed by atoms with Crippen LogP contribution in [0.5, 0.6) is 0 Å². The highest BCUT2D eigenvalue weighted by Crippen LogP contribution is 2.34. The van der Waals surface area contributed by atoms with E-state index in [1.54, 1.807) is 5.57 Å². The van der Waals surface area contributed by atoms with Crippen LogP contribution in [-0.4, -0.2) is 31.6 Å². The molecule has 1 aliphatic heterocycles. The standard InChI is InChI=1S/C53H100N2/c1-7-10-13-16-19-21-22-23-24-25-26-27-30-33-36-41-52-46-53(48-55(47-52)50(5)38-37-44-54-6)45-49(4)42-43-51(39-34-31-28-18-15-12-9-3)40-35-32-29-20-17-14-11-8-2/h19,21,23-24,51-54H,4-5,7-18,20,22,25-48H2,1-3,6H3/b21-19-,24-23-. The number of allylic oxidation sites excluding steroid dienone is 6. The van der Waals surface area contributed by atoms with Gasteiger partial charge in [0.1, 0.15) is 0 Å². The first-order chi connectivity index (χ1) is 27.0. The van der Waals surface area contributed by atoms with E-state index in [1.165, 1.54) is 231 Å². The molecule has 0 aromatic rings. The Morgan fingerprint density at radius 1 is 0.564 bits per heavy atom. The second-order valence-electron chi connectivity index (χ2n) is 18.2. The van der Waals surface area contributed by atoms with Crippen LogP contribution in [0.4, 0.5) is 0 Å². The van der Waals surface area contributed by atoms with E-state index in [9.17, 15) is 0 Å². The van der Waals surface area contributed by atoms with Crippen LogP contribution >= 0.6 is 0 Å². The van der Waals surface area contributed by atoms with Crippen molar-refractivity contribution in [3.63, 3.8) is 0 Å². The summed E-state index contributed by atoms with van der Waals surface area (Å²) >= 11 is 0. The molecule has 0 saturated carbocycles. The van der Waals surface area contributed by atoms with Crippen LogP contribution < -0.4 is 5.32 Å². The van der Waals surface area contributed by atoms with Crippen molar-refractivity contribution >= 4 is 0 Å². The lowest BCUT2D eigenvalue weighted by Gasteiger charge is -2.41. The fraction of sp³-hybridized carbons (Fsp3) is 0.849. The lowest BCUT2D eigenvalue weighted by atomic mass is 9.81. The average Bonchev–Trinajstić information content (AvgIpc) is 3.18. The summed E-state index contributed by atoms with van der Waals surface area (Å²) in [6, 6.07) is 0. The lowest BCUT2D eigenvalue weighted by molar-refractivity contribution is 0.145. The number of likely N-dealkylation sites (tertiary alicyclic amines) is 1. The van der Waals surface area contributed by atoms with Crippen molar-refractivity contribution in [2.45, 2.75) is 245 Å². The van der Waals surface area contributed by atoms with Crippen LogP contribution in [-0.2, 0) is 0 Å². The van der Waals surface area contributed by atoms with Gasteiger partial charge in [-0.2, -0.15) is 0 Å². The summed E-state index contributed by atoms with van der Waals surface area (Å²) < 4.78 is 0. The maximum atomic E-state index is 4.75. The van der Waals surface area contributed by atoms with Crippen molar-refractivity contribution in [2.24, 2.45) is 17.8 Å². The molecule has 1 rings (SSSR count). The third-order valence-corrected chi connectivity index (χ3v) is 12.7. The third kappa shape index (κ3) is 32.4. The fourth-order valence-corrected chi connectivity index (χ4v) is 9.11. The fourth-order valence-electron chi connectivity index (χ4n) is 9.11. The Hall–Kier alpha value is -1.28. The van der Waals surface area contributed by atoms with Crippen molar-refractivity contribution in [3.8, 4) is 0 Å². The van der Waals surface area contributed by atoms with E-state index in [0.717, 1.165) is 37.1 Å². The second-order valence-corrected chi connectivity index (χ2v) is 18.2. The van der Waals surface area contributed by atoms with E-state index < -0.39 is 0 Å². The summed E-state index contributed by atoms with van der Waals surface area (Å²) in [6.07, 6.45) is 57.5. The Bertz CT molecular complexity index is 900. The van der Waals surface area contributed by atoms with Gasteiger partial charge in [-0.05, 0) is 108 Å². The van der Waals surface area contributed by atoms with Crippen LogP contribution in [0, 0.1) is 17.8 Å². The summed E-state index contributed by atoms with van der Waals surface area (Å²) in [5, 5.41) is 3.34. The highest BCUT2D eigenvalue weighted by molar-refractivity contribution is 5.02. The third-order valence-electron chi connectivity index (χ3n) is 12.7. The van der Waals surface area contributed by atoms with Crippen molar-refractivity contribution < 1.29 is 0 Å². The lowest BCUT2D eigenvalue weighted by Crippen LogP contribution is -2.40. The second kappa shape index (κ2) is 39.5. The number of rotatable bonds is 41. The Labute approximate surface area is 347 Å². The minimum Gasteiger partial charge on any atom is -0.375 e. The van der Waals surface area contributed by atoms with Gasteiger partial charge in [0, 0.05) is 18.8 Å². The minimum atomic E-state index is 0.750. The van der Waals surface area contributed by atoms with Gasteiger partial charge in [0.05, 0.1) is 0 Å². The van der Waals surface area contributed by atoms with Gasteiger partial charge in [-0.15, -0.1) is 0 Å². The Morgan fingerprint density at radius 2 is 1.05 bits per heavy atom. The van der Waals surface area contributed by atoms with E-state index in [-0.39, 0.29) is 0 Å². The van der Waals surface area contributed by atoms with Gasteiger partial charge in [-0.1, -0.05) is 211 Å². The zero-order chi connectivity index (χ0) is 39.9. The molecule has 0 aliphatic carbocycles. The molecular weight excluding hydrogens is 665 g/mol. The van der Waals surface area contributed by atoms with Gasteiger partial charge in [0.2, 0.25) is 0 Å². The molecule has 1 saturated heterocycles. The molecule has 0 radical (unpaired) electrons. The number of hydrogen-bond donors (Lipinski definition) is 1. The topological polar surface area (TPSA) is 15.3 Å². The van der Waals surface area contributed by atoms with E-state index in [1.807, 2.05) is 0 Å². The van der Waals surface area contributed by atoms with Crippen LogP contribution in [0.1, 0.15) is 245 Å². The summed E-state index contributed by atoms with van der Waals surface area (Å²) in [5.41, 5.74) is 2.93. The number of unbranched alkanes of at least 4 members (excludes halogenated alkanes) is 21. The maximum absolute atomic E-state index is 4.75. The Kier molecular flexibility index (Phi) is 37.2.